The van der Waals surface area contributed by atoms with E-state index in [2.05, 4.69) is 24.4 Å². The van der Waals surface area contributed by atoms with Gasteiger partial charge < -0.3 is 15.8 Å². The molecule has 0 heterocycles. The number of ether oxygens (including phenoxy) is 1. The van der Waals surface area contributed by atoms with Crippen LogP contribution in [-0.4, -0.2) is 24.6 Å². The number of benzene rings is 1. The molecule has 1 amide bonds. The quantitative estimate of drug-likeness (QED) is 0.796. The largest absolute Gasteiger partial charge is 0.494 e. The van der Waals surface area contributed by atoms with E-state index in [1.807, 2.05) is 12.1 Å². The summed E-state index contributed by atoms with van der Waals surface area (Å²) in [6.45, 7) is 2.84. The Morgan fingerprint density at radius 1 is 1.20 bits per heavy atom. The van der Waals surface area contributed by atoms with E-state index in [4.69, 9.17) is 10.5 Å². The molecule has 4 heteroatoms. The molecular formula is C21H32N2O2. The first-order valence-electron chi connectivity index (χ1n) is 9.92. The molecule has 138 valence electrons. The normalized spacial score (nSPS) is 28.4. The maximum absolute atomic E-state index is 12.4. The van der Waals surface area contributed by atoms with Crippen molar-refractivity contribution in [1.29, 1.82) is 0 Å². The summed E-state index contributed by atoms with van der Waals surface area (Å²) in [5.74, 6) is 2.26. The van der Waals surface area contributed by atoms with E-state index in [9.17, 15) is 4.79 Å². The lowest BCUT2D eigenvalue weighted by atomic mass is 9.67. The van der Waals surface area contributed by atoms with Crippen LogP contribution in [0.5, 0.6) is 5.75 Å². The third-order valence-electron chi connectivity index (χ3n) is 5.74. The molecule has 0 saturated heterocycles. The second kappa shape index (κ2) is 8.70. The van der Waals surface area contributed by atoms with Crippen LogP contribution in [0.2, 0.25) is 0 Å². The van der Waals surface area contributed by atoms with Crippen LogP contribution in [-0.2, 0) is 11.2 Å². The minimum absolute atomic E-state index is 0.184. The molecule has 0 radical (unpaired) electrons. The Bertz CT molecular complexity index is 544. The van der Waals surface area contributed by atoms with E-state index in [1.54, 1.807) is 0 Å². The fourth-order valence-electron chi connectivity index (χ4n) is 4.51. The zero-order valence-corrected chi connectivity index (χ0v) is 15.4. The Morgan fingerprint density at radius 3 is 2.52 bits per heavy atom. The predicted octanol–water partition coefficient (Wildman–Crippen LogP) is 3.43. The molecule has 3 rings (SSSR count). The van der Waals surface area contributed by atoms with E-state index in [0.717, 1.165) is 38.0 Å². The molecule has 1 aromatic carbocycles. The summed E-state index contributed by atoms with van der Waals surface area (Å²) in [6.07, 6.45) is 8.21. The number of fused-ring (bicyclic) bond motifs is 2. The van der Waals surface area contributed by atoms with Gasteiger partial charge in [-0.2, -0.15) is 0 Å². The van der Waals surface area contributed by atoms with Gasteiger partial charge in [0.05, 0.1) is 6.61 Å². The van der Waals surface area contributed by atoms with E-state index in [1.165, 1.54) is 24.8 Å². The third-order valence-corrected chi connectivity index (χ3v) is 5.74. The van der Waals surface area contributed by atoms with Crippen LogP contribution in [0.25, 0.3) is 0 Å². The van der Waals surface area contributed by atoms with Crippen molar-refractivity contribution in [1.82, 2.24) is 5.32 Å². The number of nitrogens with one attached hydrogen (secondary N) is 1. The third kappa shape index (κ3) is 4.97. The van der Waals surface area contributed by atoms with Crippen molar-refractivity contribution >= 4 is 5.91 Å². The molecule has 0 aliphatic heterocycles. The van der Waals surface area contributed by atoms with E-state index in [0.29, 0.717) is 30.3 Å². The van der Waals surface area contributed by atoms with Crippen LogP contribution in [0.15, 0.2) is 24.3 Å². The lowest BCUT2D eigenvalue weighted by Crippen LogP contribution is -2.53. The van der Waals surface area contributed by atoms with Crippen LogP contribution in [0.1, 0.15) is 57.4 Å². The molecule has 2 atom stereocenters. The van der Waals surface area contributed by atoms with E-state index in [-0.39, 0.29) is 5.91 Å². The Morgan fingerprint density at radius 2 is 1.88 bits per heavy atom. The van der Waals surface area contributed by atoms with Crippen molar-refractivity contribution in [2.75, 3.05) is 6.61 Å². The van der Waals surface area contributed by atoms with E-state index < -0.39 is 0 Å². The summed E-state index contributed by atoms with van der Waals surface area (Å²) < 4.78 is 5.60. The van der Waals surface area contributed by atoms with Gasteiger partial charge in [-0.15, -0.1) is 0 Å². The Balaban J connectivity index is 1.46. The number of amides is 1. The summed E-state index contributed by atoms with van der Waals surface area (Å²) in [7, 11) is 0. The van der Waals surface area contributed by atoms with Gasteiger partial charge in [-0.05, 0) is 68.1 Å². The predicted molar refractivity (Wildman–Crippen MR) is 101 cm³/mol. The zero-order chi connectivity index (χ0) is 17.6. The molecule has 2 aliphatic carbocycles. The first-order chi connectivity index (χ1) is 12.2. The average Bonchev–Trinajstić information content (AvgIpc) is 2.60. The summed E-state index contributed by atoms with van der Waals surface area (Å²) >= 11 is 0. The molecule has 0 aromatic heterocycles. The van der Waals surface area contributed by atoms with E-state index >= 15 is 0 Å². The van der Waals surface area contributed by atoms with Gasteiger partial charge in [0.25, 0.3) is 0 Å². The summed E-state index contributed by atoms with van der Waals surface area (Å²) in [6, 6.07) is 8.80. The maximum Gasteiger partial charge on any atom is 0.220 e. The highest BCUT2D eigenvalue weighted by Gasteiger charge is 2.39. The fraction of sp³-hybridized carbons (Fsp3) is 0.667. The van der Waals surface area contributed by atoms with Gasteiger partial charge in [-0.1, -0.05) is 25.5 Å². The van der Waals surface area contributed by atoms with Gasteiger partial charge in [0.1, 0.15) is 5.75 Å². The molecule has 0 spiro atoms. The number of rotatable bonds is 7. The highest BCUT2D eigenvalue weighted by Crippen LogP contribution is 2.39. The van der Waals surface area contributed by atoms with Crippen molar-refractivity contribution in [3.8, 4) is 5.75 Å². The standard InChI is InChI=1S/C21H32N2O2/c1-2-12-25-19-9-6-15(7-10-19)8-11-20(24)23-21-16-4-3-5-17(21)14-18(22)13-16/h6-7,9-10,16-18,21H,2-5,8,11-14,22H2,1H3,(H,23,24). The number of nitrogens with two attached hydrogens (primary N) is 1. The Kier molecular flexibility index (Phi) is 6.35. The SMILES string of the molecule is CCCOc1ccc(CCC(=O)NC2C3CCCC2CC(N)C3)cc1. The monoisotopic (exact) mass is 344 g/mol. The number of aryl methyl sites for hydroxylation is 1. The molecule has 2 saturated carbocycles. The summed E-state index contributed by atoms with van der Waals surface area (Å²) in [5, 5.41) is 3.33. The van der Waals surface area contributed by atoms with Gasteiger partial charge >= 0.3 is 0 Å². The van der Waals surface area contributed by atoms with Crippen molar-refractivity contribution in [2.45, 2.75) is 70.4 Å². The summed E-state index contributed by atoms with van der Waals surface area (Å²) in [5.41, 5.74) is 7.36. The Hall–Kier alpha value is -1.55. The van der Waals surface area contributed by atoms with Gasteiger partial charge in [-0.3, -0.25) is 4.79 Å². The van der Waals surface area contributed by atoms with Crippen LogP contribution in [0.3, 0.4) is 0 Å². The lowest BCUT2D eigenvalue weighted by Gasteiger charge is -2.45. The highest BCUT2D eigenvalue weighted by atomic mass is 16.5. The number of carbonyl (C=O) groups is 1. The molecule has 2 bridgehead atoms. The molecule has 2 fully saturated rings. The second-order valence-corrected chi connectivity index (χ2v) is 7.77. The van der Waals surface area contributed by atoms with Gasteiger partial charge in [0.2, 0.25) is 5.91 Å². The van der Waals surface area contributed by atoms with Gasteiger partial charge in [0.15, 0.2) is 0 Å². The van der Waals surface area contributed by atoms with Crippen molar-refractivity contribution in [3.63, 3.8) is 0 Å². The van der Waals surface area contributed by atoms with Crippen LogP contribution < -0.4 is 15.8 Å². The molecule has 2 aliphatic rings. The molecule has 3 N–H and O–H groups in total. The van der Waals surface area contributed by atoms with Crippen LogP contribution >= 0.6 is 0 Å². The zero-order valence-electron chi connectivity index (χ0n) is 15.4. The topological polar surface area (TPSA) is 64.3 Å². The number of hydrogen-bond donors (Lipinski definition) is 2. The van der Waals surface area contributed by atoms with Gasteiger partial charge in [0, 0.05) is 18.5 Å². The molecule has 25 heavy (non-hydrogen) atoms. The second-order valence-electron chi connectivity index (χ2n) is 7.77. The first kappa shape index (κ1) is 18.2. The minimum Gasteiger partial charge on any atom is -0.494 e. The molecular weight excluding hydrogens is 312 g/mol. The lowest BCUT2D eigenvalue weighted by molar-refractivity contribution is -0.123. The average molecular weight is 344 g/mol. The molecule has 1 aromatic rings. The number of hydrogen-bond acceptors (Lipinski definition) is 3. The molecule has 4 nitrogen and oxygen atoms in total. The number of carbonyl (C=O) groups excluding carboxylic acids is 1. The fourth-order valence-corrected chi connectivity index (χ4v) is 4.51. The van der Waals surface area contributed by atoms with Crippen molar-refractivity contribution in [3.05, 3.63) is 29.8 Å². The Labute approximate surface area is 151 Å². The smallest absolute Gasteiger partial charge is 0.220 e. The highest BCUT2D eigenvalue weighted by molar-refractivity contribution is 5.76. The van der Waals surface area contributed by atoms with Crippen LogP contribution in [0.4, 0.5) is 0 Å². The van der Waals surface area contributed by atoms with Crippen molar-refractivity contribution < 1.29 is 9.53 Å². The summed E-state index contributed by atoms with van der Waals surface area (Å²) in [4.78, 5) is 12.4. The first-order valence-corrected chi connectivity index (χ1v) is 9.92. The van der Waals surface area contributed by atoms with Crippen LogP contribution in [0, 0.1) is 11.8 Å². The van der Waals surface area contributed by atoms with Crippen molar-refractivity contribution in [2.24, 2.45) is 17.6 Å². The van der Waals surface area contributed by atoms with Gasteiger partial charge in [-0.25, -0.2) is 0 Å². The minimum atomic E-state index is 0.184. The molecule has 2 unspecified atom stereocenters. The maximum atomic E-state index is 12.4.